The lowest BCUT2D eigenvalue weighted by Crippen LogP contribution is -2.12. The fourth-order valence-electron chi connectivity index (χ4n) is 2.60. The number of anilines is 1. The van der Waals surface area contributed by atoms with Crippen LogP contribution >= 0.6 is 0 Å². The standard InChI is InChI=1S/C19H18N6O2/c1-26-15-8-7-13(11-21-15)17-24-16-18(22-12-23-19(16)25-17)20-9-10-27-14-5-3-2-4-6-14/h2-8,11-12H,9-10H2,1H3,(H2,20,22,23,24,25). The van der Waals surface area contributed by atoms with E-state index in [9.17, 15) is 0 Å². The van der Waals surface area contributed by atoms with Crippen molar-refractivity contribution >= 4 is 17.0 Å². The monoisotopic (exact) mass is 362 g/mol. The Hall–Kier alpha value is -3.68. The van der Waals surface area contributed by atoms with Crippen molar-refractivity contribution in [2.75, 3.05) is 25.6 Å². The Morgan fingerprint density at radius 1 is 1.04 bits per heavy atom. The van der Waals surface area contributed by atoms with E-state index >= 15 is 0 Å². The number of pyridine rings is 1. The van der Waals surface area contributed by atoms with Crippen LogP contribution in [-0.4, -0.2) is 45.2 Å². The molecule has 1 aromatic carbocycles. The number of nitrogens with one attached hydrogen (secondary N) is 2. The number of hydrogen-bond acceptors (Lipinski definition) is 7. The number of H-pyrrole nitrogens is 1. The van der Waals surface area contributed by atoms with Gasteiger partial charge in [0, 0.05) is 17.8 Å². The summed E-state index contributed by atoms with van der Waals surface area (Å²) in [4.78, 5) is 20.5. The first-order valence-corrected chi connectivity index (χ1v) is 8.46. The van der Waals surface area contributed by atoms with E-state index in [1.165, 1.54) is 6.33 Å². The van der Waals surface area contributed by atoms with Crippen molar-refractivity contribution in [3.63, 3.8) is 0 Å². The van der Waals surface area contributed by atoms with Crippen LogP contribution < -0.4 is 14.8 Å². The summed E-state index contributed by atoms with van der Waals surface area (Å²) in [7, 11) is 1.58. The number of aromatic amines is 1. The third-order valence-electron chi connectivity index (χ3n) is 3.91. The maximum absolute atomic E-state index is 5.68. The van der Waals surface area contributed by atoms with Crippen LogP contribution in [-0.2, 0) is 0 Å². The first-order chi connectivity index (χ1) is 13.3. The van der Waals surface area contributed by atoms with Gasteiger partial charge in [0.15, 0.2) is 11.5 Å². The van der Waals surface area contributed by atoms with Crippen LogP contribution in [0.15, 0.2) is 55.0 Å². The van der Waals surface area contributed by atoms with Gasteiger partial charge < -0.3 is 19.8 Å². The highest BCUT2D eigenvalue weighted by Gasteiger charge is 2.11. The molecule has 0 aliphatic heterocycles. The van der Waals surface area contributed by atoms with Gasteiger partial charge in [-0.3, -0.25) is 0 Å². The number of methoxy groups -OCH3 is 1. The molecule has 0 aliphatic carbocycles. The molecule has 3 aromatic heterocycles. The molecular formula is C19H18N6O2. The Morgan fingerprint density at radius 2 is 1.93 bits per heavy atom. The first kappa shape index (κ1) is 16.8. The van der Waals surface area contributed by atoms with E-state index in [4.69, 9.17) is 9.47 Å². The normalized spacial score (nSPS) is 10.7. The summed E-state index contributed by atoms with van der Waals surface area (Å²) in [6.07, 6.45) is 3.18. The average molecular weight is 362 g/mol. The summed E-state index contributed by atoms with van der Waals surface area (Å²) in [6.45, 7) is 1.11. The second kappa shape index (κ2) is 7.69. The molecule has 0 fully saturated rings. The Balaban J connectivity index is 1.47. The predicted molar refractivity (Wildman–Crippen MR) is 102 cm³/mol. The second-order valence-corrected chi connectivity index (χ2v) is 5.68. The molecule has 0 amide bonds. The van der Waals surface area contributed by atoms with Gasteiger partial charge in [-0.25, -0.2) is 19.9 Å². The molecule has 4 rings (SSSR count). The van der Waals surface area contributed by atoms with Crippen LogP contribution in [0.1, 0.15) is 0 Å². The maximum atomic E-state index is 5.68. The minimum Gasteiger partial charge on any atom is -0.492 e. The zero-order valence-electron chi connectivity index (χ0n) is 14.7. The molecule has 2 N–H and O–H groups in total. The van der Waals surface area contributed by atoms with Gasteiger partial charge >= 0.3 is 0 Å². The maximum Gasteiger partial charge on any atom is 0.212 e. The van der Waals surface area contributed by atoms with Crippen LogP contribution in [0.2, 0.25) is 0 Å². The summed E-state index contributed by atoms with van der Waals surface area (Å²) in [5.41, 5.74) is 2.16. The number of hydrogen-bond donors (Lipinski definition) is 2. The summed E-state index contributed by atoms with van der Waals surface area (Å²) in [6, 6.07) is 13.4. The van der Waals surface area contributed by atoms with E-state index < -0.39 is 0 Å². The number of nitrogens with zero attached hydrogens (tertiary/aromatic N) is 4. The third-order valence-corrected chi connectivity index (χ3v) is 3.91. The van der Waals surface area contributed by atoms with E-state index in [0.717, 1.165) is 16.8 Å². The first-order valence-electron chi connectivity index (χ1n) is 8.46. The number of aromatic nitrogens is 5. The van der Waals surface area contributed by atoms with Crippen molar-refractivity contribution in [2.45, 2.75) is 0 Å². The fourth-order valence-corrected chi connectivity index (χ4v) is 2.60. The lowest BCUT2D eigenvalue weighted by molar-refractivity contribution is 0.333. The highest BCUT2D eigenvalue weighted by molar-refractivity contribution is 5.85. The summed E-state index contributed by atoms with van der Waals surface area (Å²) >= 11 is 0. The zero-order chi connectivity index (χ0) is 18.5. The van der Waals surface area contributed by atoms with Crippen molar-refractivity contribution < 1.29 is 9.47 Å². The molecule has 4 aromatic rings. The van der Waals surface area contributed by atoms with Crippen LogP contribution in [0.4, 0.5) is 5.82 Å². The quantitative estimate of drug-likeness (QED) is 0.488. The van der Waals surface area contributed by atoms with E-state index in [0.29, 0.717) is 36.3 Å². The molecule has 0 saturated heterocycles. The van der Waals surface area contributed by atoms with Crippen molar-refractivity contribution in [3.05, 3.63) is 55.0 Å². The molecule has 0 radical (unpaired) electrons. The summed E-state index contributed by atoms with van der Waals surface area (Å²) in [5, 5.41) is 3.26. The predicted octanol–water partition coefficient (Wildman–Crippen LogP) is 2.91. The number of benzene rings is 1. The van der Waals surface area contributed by atoms with Crippen molar-refractivity contribution in [1.82, 2.24) is 24.9 Å². The molecule has 0 aliphatic rings. The van der Waals surface area contributed by atoms with Crippen molar-refractivity contribution in [3.8, 4) is 23.0 Å². The van der Waals surface area contributed by atoms with Crippen LogP contribution in [0, 0.1) is 0 Å². The van der Waals surface area contributed by atoms with E-state index in [1.54, 1.807) is 19.4 Å². The van der Waals surface area contributed by atoms with E-state index in [2.05, 4.69) is 30.2 Å². The van der Waals surface area contributed by atoms with Gasteiger partial charge in [0.25, 0.3) is 0 Å². The molecular weight excluding hydrogens is 344 g/mol. The highest BCUT2D eigenvalue weighted by Crippen LogP contribution is 2.23. The number of ether oxygens (including phenoxy) is 2. The Morgan fingerprint density at radius 3 is 2.70 bits per heavy atom. The smallest absolute Gasteiger partial charge is 0.212 e. The minimum atomic E-state index is 0.513. The van der Waals surface area contributed by atoms with Gasteiger partial charge in [-0.05, 0) is 18.2 Å². The third kappa shape index (κ3) is 3.79. The number of imidazole rings is 1. The van der Waals surface area contributed by atoms with Crippen molar-refractivity contribution in [1.29, 1.82) is 0 Å². The molecule has 3 heterocycles. The Bertz CT molecular complexity index is 1020. The molecule has 0 bridgehead atoms. The van der Waals surface area contributed by atoms with Gasteiger partial charge in [0.1, 0.15) is 30.0 Å². The Kier molecular flexibility index (Phi) is 4.78. The van der Waals surface area contributed by atoms with Crippen LogP contribution in [0.5, 0.6) is 11.6 Å². The lowest BCUT2D eigenvalue weighted by atomic mass is 10.3. The lowest BCUT2D eigenvalue weighted by Gasteiger charge is -2.08. The molecule has 0 atom stereocenters. The van der Waals surface area contributed by atoms with Crippen LogP contribution in [0.25, 0.3) is 22.6 Å². The zero-order valence-corrected chi connectivity index (χ0v) is 14.7. The largest absolute Gasteiger partial charge is 0.492 e. The van der Waals surface area contributed by atoms with Gasteiger partial charge in [0.2, 0.25) is 5.88 Å². The molecule has 136 valence electrons. The number of para-hydroxylation sites is 1. The van der Waals surface area contributed by atoms with E-state index in [-0.39, 0.29) is 0 Å². The average Bonchev–Trinajstić information content (AvgIpc) is 3.17. The summed E-state index contributed by atoms with van der Waals surface area (Å²) in [5.74, 6) is 2.74. The van der Waals surface area contributed by atoms with Gasteiger partial charge in [0.05, 0.1) is 13.7 Å². The van der Waals surface area contributed by atoms with Gasteiger partial charge in [-0.1, -0.05) is 18.2 Å². The topological polar surface area (TPSA) is 97.8 Å². The molecule has 0 unspecified atom stereocenters. The minimum absolute atomic E-state index is 0.513. The fraction of sp³-hybridized carbons (Fsp3) is 0.158. The number of fused-ring (bicyclic) bond motifs is 1. The molecule has 8 nitrogen and oxygen atoms in total. The molecule has 0 spiro atoms. The highest BCUT2D eigenvalue weighted by atomic mass is 16.5. The molecule has 27 heavy (non-hydrogen) atoms. The SMILES string of the molecule is COc1ccc(-c2nc3ncnc(NCCOc4ccccc4)c3[nH]2)cn1. The van der Waals surface area contributed by atoms with Crippen LogP contribution in [0.3, 0.4) is 0 Å². The number of rotatable bonds is 7. The van der Waals surface area contributed by atoms with Gasteiger partial charge in [-0.15, -0.1) is 0 Å². The van der Waals surface area contributed by atoms with Crippen molar-refractivity contribution in [2.24, 2.45) is 0 Å². The van der Waals surface area contributed by atoms with E-state index in [1.807, 2.05) is 36.4 Å². The molecule has 8 heteroatoms. The second-order valence-electron chi connectivity index (χ2n) is 5.68. The Labute approximate surface area is 155 Å². The van der Waals surface area contributed by atoms with Gasteiger partial charge in [-0.2, -0.15) is 0 Å². The summed E-state index contributed by atoms with van der Waals surface area (Å²) < 4.78 is 10.8. The molecule has 0 saturated carbocycles.